The molecule has 1 fully saturated rings. The minimum atomic E-state index is -3.73. The van der Waals surface area contributed by atoms with Crippen molar-refractivity contribution in [3.63, 3.8) is 0 Å². The lowest BCUT2D eigenvalue weighted by Gasteiger charge is -2.20. The lowest BCUT2D eigenvalue weighted by atomic mass is 9.95. The van der Waals surface area contributed by atoms with Crippen molar-refractivity contribution in [1.82, 2.24) is 4.72 Å². The molecular weight excluding hydrogens is 322 g/mol. The zero-order chi connectivity index (χ0) is 16.9. The van der Waals surface area contributed by atoms with E-state index in [1.165, 1.54) is 0 Å². The third-order valence-electron chi connectivity index (χ3n) is 4.75. The van der Waals surface area contributed by atoms with Crippen LogP contribution in [0.15, 0.2) is 4.90 Å². The van der Waals surface area contributed by atoms with Crippen molar-refractivity contribution in [3.05, 3.63) is 27.8 Å². The molecular formula is C15H23NO4S2. The highest BCUT2D eigenvalue weighted by molar-refractivity contribution is 7.92. The van der Waals surface area contributed by atoms with Gasteiger partial charge in [-0.1, -0.05) is 0 Å². The summed E-state index contributed by atoms with van der Waals surface area (Å²) in [5.74, 6) is -0.0712. The van der Waals surface area contributed by atoms with E-state index in [9.17, 15) is 16.8 Å². The van der Waals surface area contributed by atoms with Crippen LogP contribution in [0.1, 0.15) is 34.2 Å². The Hall–Kier alpha value is -0.920. The largest absolute Gasteiger partial charge is 0.241 e. The van der Waals surface area contributed by atoms with Gasteiger partial charge in [-0.3, -0.25) is 0 Å². The summed E-state index contributed by atoms with van der Waals surface area (Å²) in [6.45, 7) is 9.41. The van der Waals surface area contributed by atoms with E-state index in [0.717, 1.165) is 27.8 Å². The number of hydrogen-bond acceptors (Lipinski definition) is 4. The van der Waals surface area contributed by atoms with Crippen molar-refractivity contribution in [2.24, 2.45) is 0 Å². The Morgan fingerprint density at radius 2 is 1.36 bits per heavy atom. The molecule has 1 saturated heterocycles. The monoisotopic (exact) mass is 345 g/mol. The second-order valence-corrected chi connectivity index (χ2v) is 10.1. The molecule has 124 valence electrons. The first-order valence-electron chi connectivity index (χ1n) is 7.26. The van der Waals surface area contributed by atoms with Crippen LogP contribution in [0.3, 0.4) is 0 Å². The molecule has 0 saturated carbocycles. The average molecular weight is 345 g/mol. The Balaban J connectivity index is 2.47. The van der Waals surface area contributed by atoms with Gasteiger partial charge in [-0.2, -0.15) is 0 Å². The molecule has 7 heteroatoms. The topological polar surface area (TPSA) is 80.3 Å². The van der Waals surface area contributed by atoms with Crippen LogP contribution in [-0.4, -0.2) is 34.4 Å². The summed E-state index contributed by atoms with van der Waals surface area (Å²) in [5.41, 5.74) is 4.48. The summed E-state index contributed by atoms with van der Waals surface area (Å²) in [6.07, 6.45) is 0.337. The van der Waals surface area contributed by atoms with E-state index < -0.39 is 25.9 Å². The average Bonchev–Trinajstić information content (AvgIpc) is 2.72. The maximum absolute atomic E-state index is 12.8. The lowest BCUT2D eigenvalue weighted by Crippen LogP contribution is -2.36. The molecule has 0 aliphatic carbocycles. The highest BCUT2D eigenvalue weighted by Crippen LogP contribution is 2.30. The van der Waals surface area contributed by atoms with Gasteiger partial charge in [0, 0.05) is 6.04 Å². The summed E-state index contributed by atoms with van der Waals surface area (Å²) in [5, 5.41) is 0. The summed E-state index contributed by atoms with van der Waals surface area (Å²) in [4.78, 5) is 0.289. The standard InChI is InChI=1S/C15H23NO4S2/c1-9-10(2)12(4)15(13(5)11(9)3)22(19,20)16-14-6-7-21(17,18)8-14/h14,16H,6-8H2,1-5H3/t14-/m0/s1. The van der Waals surface area contributed by atoms with Crippen molar-refractivity contribution in [2.45, 2.75) is 52.0 Å². The molecule has 0 bridgehead atoms. The number of benzene rings is 1. The second kappa shape index (κ2) is 5.62. The minimum Gasteiger partial charge on any atom is -0.229 e. The smallest absolute Gasteiger partial charge is 0.229 e. The van der Waals surface area contributed by atoms with Gasteiger partial charge in [0.2, 0.25) is 10.0 Å². The van der Waals surface area contributed by atoms with Gasteiger partial charge in [-0.15, -0.1) is 0 Å². The SMILES string of the molecule is Cc1c(C)c(C)c(S(=O)(=O)N[C@H]2CCS(=O)(=O)C2)c(C)c1C. The molecule has 2 rings (SSSR count). The molecule has 0 amide bonds. The van der Waals surface area contributed by atoms with Gasteiger partial charge in [0.25, 0.3) is 0 Å². The lowest BCUT2D eigenvalue weighted by molar-refractivity contribution is 0.561. The predicted octanol–water partition coefficient (Wildman–Crippen LogP) is 1.69. The van der Waals surface area contributed by atoms with E-state index in [1.807, 2.05) is 20.8 Å². The first-order chi connectivity index (χ1) is 9.96. The second-order valence-electron chi connectivity index (χ2n) is 6.18. The molecule has 1 atom stereocenters. The molecule has 1 aliphatic rings. The first kappa shape index (κ1) is 17.4. The van der Waals surface area contributed by atoms with Gasteiger partial charge in [-0.25, -0.2) is 21.6 Å². The first-order valence-corrected chi connectivity index (χ1v) is 10.6. The maximum atomic E-state index is 12.8. The van der Waals surface area contributed by atoms with E-state index in [2.05, 4.69) is 4.72 Å². The van der Waals surface area contributed by atoms with Crippen LogP contribution < -0.4 is 4.72 Å². The molecule has 0 radical (unpaired) electrons. The van der Waals surface area contributed by atoms with E-state index in [1.54, 1.807) is 13.8 Å². The quantitative estimate of drug-likeness (QED) is 0.904. The van der Waals surface area contributed by atoms with Gasteiger partial charge < -0.3 is 0 Å². The molecule has 1 N–H and O–H groups in total. The van der Waals surface area contributed by atoms with Crippen molar-refractivity contribution in [2.75, 3.05) is 11.5 Å². The minimum absolute atomic E-state index is 0.0457. The van der Waals surface area contributed by atoms with Crippen molar-refractivity contribution >= 4 is 19.9 Å². The van der Waals surface area contributed by atoms with Crippen molar-refractivity contribution in [3.8, 4) is 0 Å². The predicted molar refractivity (Wildman–Crippen MR) is 87.5 cm³/mol. The fourth-order valence-electron chi connectivity index (χ4n) is 3.03. The van der Waals surface area contributed by atoms with E-state index in [0.29, 0.717) is 6.42 Å². The van der Waals surface area contributed by atoms with E-state index in [-0.39, 0.29) is 16.4 Å². The molecule has 0 unspecified atom stereocenters. The van der Waals surface area contributed by atoms with Gasteiger partial charge in [0.05, 0.1) is 16.4 Å². The number of sulfone groups is 1. The Labute approximate surface area is 133 Å². The Morgan fingerprint density at radius 1 is 0.909 bits per heavy atom. The Kier molecular flexibility index (Phi) is 4.45. The van der Waals surface area contributed by atoms with Crippen LogP contribution in [-0.2, 0) is 19.9 Å². The number of sulfonamides is 1. The molecule has 22 heavy (non-hydrogen) atoms. The molecule has 1 aromatic rings. The van der Waals surface area contributed by atoms with Crippen LogP contribution in [0.4, 0.5) is 0 Å². The summed E-state index contributed by atoms with van der Waals surface area (Å²) >= 11 is 0. The summed E-state index contributed by atoms with van der Waals surface area (Å²) in [7, 11) is -6.85. The fourth-order valence-corrected chi connectivity index (χ4v) is 6.68. The number of nitrogens with one attached hydrogen (secondary N) is 1. The zero-order valence-corrected chi connectivity index (χ0v) is 15.3. The highest BCUT2D eigenvalue weighted by atomic mass is 32.2. The molecule has 0 spiro atoms. The number of hydrogen-bond donors (Lipinski definition) is 1. The van der Waals surface area contributed by atoms with Gasteiger partial charge >= 0.3 is 0 Å². The van der Waals surface area contributed by atoms with Gasteiger partial charge in [-0.05, 0) is 68.9 Å². The normalized spacial score (nSPS) is 21.2. The number of rotatable bonds is 3. The van der Waals surface area contributed by atoms with Crippen LogP contribution in [0.2, 0.25) is 0 Å². The third kappa shape index (κ3) is 3.07. The van der Waals surface area contributed by atoms with E-state index in [4.69, 9.17) is 0 Å². The van der Waals surface area contributed by atoms with Crippen LogP contribution in [0.5, 0.6) is 0 Å². The molecule has 1 heterocycles. The molecule has 1 aromatic carbocycles. The summed E-state index contributed by atoms with van der Waals surface area (Å²) < 4.78 is 51.1. The summed E-state index contributed by atoms with van der Waals surface area (Å²) in [6, 6.07) is -0.532. The Bertz CT molecular complexity index is 795. The van der Waals surface area contributed by atoms with Crippen LogP contribution >= 0.6 is 0 Å². The van der Waals surface area contributed by atoms with Gasteiger partial charge in [0.15, 0.2) is 9.84 Å². The highest BCUT2D eigenvalue weighted by Gasteiger charge is 2.33. The van der Waals surface area contributed by atoms with Crippen LogP contribution in [0.25, 0.3) is 0 Å². The van der Waals surface area contributed by atoms with Crippen molar-refractivity contribution < 1.29 is 16.8 Å². The Morgan fingerprint density at radius 3 is 1.77 bits per heavy atom. The van der Waals surface area contributed by atoms with Crippen molar-refractivity contribution in [1.29, 1.82) is 0 Å². The van der Waals surface area contributed by atoms with Crippen LogP contribution in [0, 0.1) is 34.6 Å². The van der Waals surface area contributed by atoms with E-state index >= 15 is 0 Å². The molecule has 1 aliphatic heterocycles. The third-order valence-corrected chi connectivity index (χ3v) is 8.32. The maximum Gasteiger partial charge on any atom is 0.241 e. The van der Waals surface area contributed by atoms with Gasteiger partial charge in [0.1, 0.15) is 0 Å². The molecule has 0 aromatic heterocycles. The fraction of sp³-hybridized carbons (Fsp3) is 0.600. The zero-order valence-electron chi connectivity index (χ0n) is 13.6. The molecule has 5 nitrogen and oxygen atoms in total.